The minimum absolute atomic E-state index is 0.151. The van der Waals surface area contributed by atoms with E-state index in [1.54, 1.807) is 0 Å². The van der Waals surface area contributed by atoms with Crippen LogP contribution in [0.1, 0.15) is 36.8 Å². The van der Waals surface area contributed by atoms with Gasteiger partial charge in [-0.15, -0.1) is 4.39 Å². The fraction of sp³-hybridized carbons (Fsp3) is 0.385. The van der Waals surface area contributed by atoms with E-state index in [0.717, 1.165) is 29.3 Å². The molecule has 1 aromatic heterocycles. The van der Waals surface area contributed by atoms with E-state index in [4.69, 9.17) is 0 Å². The molecule has 1 aliphatic carbocycles. The van der Waals surface area contributed by atoms with E-state index in [-0.39, 0.29) is 11.6 Å². The summed E-state index contributed by atoms with van der Waals surface area (Å²) in [7, 11) is 4.14. The fourth-order valence-electron chi connectivity index (χ4n) is 5.34. The molecular formula is C26H29FN4O. The number of nitriles is 1. The van der Waals surface area contributed by atoms with E-state index in [1.807, 2.05) is 48.7 Å². The predicted octanol–water partition coefficient (Wildman–Crippen LogP) is 5.39. The van der Waals surface area contributed by atoms with Crippen molar-refractivity contribution in [3.05, 3.63) is 71.9 Å². The first-order valence-corrected chi connectivity index (χ1v) is 11.1. The minimum atomic E-state index is -1.52. The Kier molecular flexibility index (Phi) is 6.29. The first kappa shape index (κ1) is 22.0. The number of carbonyl (C=O) groups is 1. The lowest BCUT2D eigenvalue weighted by Crippen LogP contribution is -2.52. The van der Waals surface area contributed by atoms with Gasteiger partial charge in [-0.1, -0.05) is 48.5 Å². The van der Waals surface area contributed by atoms with E-state index in [0.29, 0.717) is 19.3 Å². The zero-order chi connectivity index (χ0) is 22.7. The van der Waals surface area contributed by atoms with Gasteiger partial charge in [0.2, 0.25) is 0 Å². The quantitative estimate of drug-likeness (QED) is 0.419. The maximum Gasteiger partial charge on any atom is 0.401 e. The van der Waals surface area contributed by atoms with Crippen molar-refractivity contribution in [2.45, 2.75) is 49.7 Å². The van der Waals surface area contributed by atoms with E-state index in [9.17, 15) is 14.4 Å². The maximum atomic E-state index is 14.3. The zero-order valence-electron chi connectivity index (χ0n) is 18.6. The highest BCUT2D eigenvalue weighted by Gasteiger charge is 2.42. The Hall–Kier alpha value is -3.17. The van der Waals surface area contributed by atoms with Crippen LogP contribution < -0.4 is 0 Å². The Bertz CT molecular complexity index is 1110. The molecule has 5 nitrogen and oxygen atoms in total. The Morgan fingerprint density at radius 1 is 1.16 bits per heavy atom. The van der Waals surface area contributed by atoms with Crippen LogP contribution in [0, 0.1) is 11.3 Å². The average Bonchev–Trinajstić information content (AvgIpc) is 3.22. The number of hydrogen-bond donors (Lipinski definition) is 1. The molecule has 0 bridgehead atoms. The Morgan fingerprint density at radius 3 is 2.44 bits per heavy atom. The monoisotopic (exact) mass is 432 g/mol. The van der Waals surface area contributed by atoms with Crippen LogP contribution in [0.25, 0.3) is 10.9 Å². The second-order valence-electron chi connectivity index (χ2n) is 8.89. The van der Waals surface area contributed by atoms with Crippen molar-refractivity contribution >= 4 is 17.1 Å². The first-order chi connectivity index (χ1) is 15.5. The van der Waals surface area contributed by atoms with Gasteiger partial charge in [0.1, 0.15) is 6.04 Å². The van der Waals surface area contributed by atoms with Crippen LogP contribution in [0.5, 0.6) is 0 Å². The number of rotatable bonds is 6. The second-order valence-corrected chi connectivity index (χ2v) is 8.89. The van der Waals surface area contributed by atoms with Crippen molar-refractivity contribution in [3.8, 4) is 6.07 Å². The molecular weight excluding hydrogens is 403 g/mol. The highest BCUT2D eigenvalue weighted by atomic mass is 19.1. The molecule has 1 atom stereocenters. The van der Waals surface area contributed by atoms with Gasteiger partial charge in [-0.2, -0.15) is 5.26 Å². The van der Waals surface area contributed by atoms with Gasteiger partial charge in [0.05, 0.1) is 6.07 Å². The van der Waals surface area contributed by atoms with Gasteiger partial charge in [0.25, 0.3) is 0 Å². The first-order valence-electron chi connectivity index (χ1n) is 11.1. The lowest BCUT2D eigenvalue weighted by Gasteiger charge is -2.47. The number of amides is 1. The Labute approximate surface area is 188 Å². The molecule has 1 N–H and O–H groups in total. The zero-order valence-corrected chi connectivity index (χ0v) is 18.6. The molecule has 0 radical (unpaired) electrons. The molecule has 0 spiro atoms. The van der Waals surface area contributed by atoms with Crippen molar-refractivity contribution in [2.75, 3.05) is 14.1 Å². The number of fused-ring (bicyclic) bond motifs is 1. The maximum absolute atomic E-state index is 14.3. The van der Waals surface area contributed by atoms with Crippen LogP contribution in [0.2, 0.25) is 0 Å². The number of H-pyrrole nitrogens is 1. The molecule has 1 amide bonds. The number of benzene rings is 2. The van der Waals surface area contributed by atoms with Crippen LogP contribution in [-0.2, 0) is 12.0 Å². The molecule has 166 valence electrons. The summed E-state index contributed by atoms with van der Waals surface area (Å²) in [5.74, 6) is 0. The SMILES string of the molecule is CN(C)C1(c2ccccc2)CCC(N(C(=O)F)C(C#N)Cc2c[nH]c3ccccc23)CC1. The molecule has 1 unspecified atom stereocenters. The van der Waals surface area contributed by atoms with Crippen molar-refractivity contribution in [3.63, 3.8) is 0 Å². The van der Waals surface area contributed by atoms with Gasteiger partial charge in [-0.05, 0) is 57.0 Å². The molecule has 1 saturated carbocycles. The number of aromatic amines is 1. The largest absolute Gasteiger partial charge is 0.401 e. The number of carbonyl (C=O) groups excluding carboxylic acids is 1. The average molecular weight is 433 g/mol. The number of nitrogens with zero attached hydrogens (tertiary/aromatic N) is 3. The third-order valence-electron chi connectivity index (χ3n) is 7.12. The van der Waals surface area contributed by atoms with Gasteiger partial charge in [-0.25, -0.2) is 4.79 Å². The molecule has 1 fully saturated rings. The fourth-order valence-corrected chi connectivity index (χ4v) is 5.34. The number of aromatic nitrogens is 1. The van der Waals surface area contributed by atoms with Crippen molar-refractivity contribution in [2.24, 2.45) is 0 Å². The smallest absolute Gasteiger partial charge is 0.361 e. The molecule has 4 rings (SSSR count). The summed E-state index contributed by atoms with van der Waals surface area (Å²) in [6, 6.07) is 19.2. The summed E-state index contributed by atoms with van der Waals surface area (Å²) in [5, 5.41) is 10.9. The van der Waals surface area contributed by atoms with Gasteiger partial charge >= 0.3 is 6.16 Å². The Morgan fingerprint density at radius 2 is 1.81 bits per heavy atom. The van der Waals surface area contributed by atoms with Gasteiger partial charge < -0.3 is 4.98 Å². The predicted molar refractivity (Wildman–Crippen MR) is 124 cm³/mol. The molecule has 1 heterocycles. The topological polar surface area (TPSA) is 63.1 Å². The lowest BCUT2D eigenvalue weighted by atomic mass is 9.73. The van der Waals surface area contributed by atoms with Crippen LogP contribution >= 0.6 is 0 Å². The number of nitrogens with one attached hydrogen (secondary N) is 1. The molecule has 1 aliphatic rings. The third-order valence-corrected chi connectivity index (χ3v) is 7.12. The van der Waals surface area contributed by atoms with Crippen LogP contribution in [0.15, 0.2) is 60.8 Å². The summed E-state index contributed by atoms with van der Waals surface area (Å²) in [6.07, 6.45) is 3.52. The van der Waals surface area contributed by atoms with Crippen LogP contribution in [0.4, 0.5) is 9.18 Å². The van der Waals surface area contributed by atoms with Gasteiger partial charge in [-0.3, -0.25) is 9.80 Å². The van der Waals surface area contributed by atoms with E-state index >= 15 is 0 Å². The van der Waals surface area contributed by atoms with Crippen molar-refractivity contribution < 1.29 is 9.18 Å². The highest BCUT2D eigenvalue weighted by molar-refractivity contribution is 5.83. The van der Waals surface area contributed by atoms with E-state index < -0.39 is 12.2 Å². The molecule has 3 aromatic rings. The van der Waals surface area contributed by atoms with Gasteiger partial charge in [0.15, 0.2) is 0 Å². The Balaban J connectivity index is 1.55. The number of para-hydroxylation sites is 1. The minimum Gasteiger partial charge on any atom is -0.361 e. The molecule has 6 heteroatoms. The third kappa shape index (κ3) is 4.01. The van der Waals surface area contributed by atoms with Crippen LogP contribution in [0.3, 0.4) is 0 Å². The molecule has 32 heavy (non-hydrogen) atoms. The standard InChI is InChI=1S/C26H29FN4O/c1-30(2)26(20-8-4-3-5-9-20)14-12-21(13-15-26)31(25(27)32)22(17-28)16-19-18-29-24-11-7-6-10-23(19)24/h3-11,18,21-22,29H,12-16H2,1-2H3. The van der Waals surface area contributed by atoms with Crippen LogP contribution in [-0.4, -0.2) is 47.1 Å². The summed E-state index contributed by atoms with van der Waals surface area (Å²) < 4.78 is 14.3. The molecule has 0 saturated heterocycles. The van der Waals surface area contributed by atoms with E-state index in [2.05, 4.69) is 42.2 Å². The second kappa shape index (κ2) is 9.13. The van der Waals surface area contributed by atoms with Gasteiger partial charge in [0, 0.05) is 35.1 Å². The molecule has 2 aromatic carbocycles. The number of halogens is 1. The number of hydrogen-bond acceptors (Lipinski definition) is 3. The normalized spacial score (nSPS) is 21.9. The van der Waals surface area contributed by atoms with E-state index in [1.165, 1.54) is 10.5 Å². The summed E-state index contributed by atoms with van der Waals surface area (Å²) >= 11 is 0. The van der Waals surface area contributed by atoms with Crippen molar-refractivity contribution in [1.82, 2.24) is 14.8 Å². The lowest BCUT2D eigenvalue weighted by molar-refractivity contribution is 0.0482. The molecule has 0 aliphatic heterocycles. The summed E-state index contributed by atoms with van der Waals surface area (Å²) in [5.41, 5.74) is 2.97. The van der Waals surface area contributed by atoms with Crippen molar-refractivity contribution in [1.29, 1.82) is 5.26 Å². The summed E-state index contributed by atoms with van der Waals surface area (Å²) in [6.45, 7) is 0. The highest BCUT2D eigenvalue weighted by Crippen LogP contribution is 2.42. The summed E-state index contributed by atoms with van der Waals surface area (Å²) in [4.78, 5) is 18.7.